The van der Waals surface area contributed by atoms with Gasteiger partial charge in [0.25, 0.3) is 0 Å². The van der Waals surface area contributed by atoms with Gasteiger partial charge in [-0.3, -0.25) is 0 Å². The van der Waals surface area contributed by atoms with Crippen molar-refractivity contribution in [2.75, 3.05) is 18.4 Å². The van der Waals surface area contributed by atoms with Crippen molar-refractivity contribution in [3.05, 3.63) is 66.0 Å². The lowest BCUT2D eigenvalue weighted by molar-refractivity contribution is -0.137. The summed E-state index contributed by atoms with van der Waals surface area (Å²) in [4.78, 5) is 0. The predicted molar refractivity (Wildman–Crippen MR) is 112 cm³/mol. The van der Waals surface area contributed by atoms with E-state index in [4.69, 9.17) is 5.73 Å². The number of nitrogens with two attached hydrogens (primary N) is 1. The number of aromatic nitrogens is 4. The number of halogens is 3. The molecule has 4 rings (SSSR count). The number of benzene rings is 2. The lowest BCUT2D eigenvalue weighted by atomic mass is 10.1. The fourth-order valence-electron chi connectivity index (χ4n) is 2.54. The maximum Gasteiger partial charge on any atom is 0.416 e. The Morgan fingerprint density at radius 1 is 1.00 bits per heavy atom. The SMILES string of the molecule is Cc1ccc(C(F)(F)F)cc1.NCCNc1nnc(-c2cccc3cnncc23)s1. The molecule has 0 aliphatic carbocycles. The number of hydrogen-bond donors (Lipinski definition) is 2. The maximum atomic E-state index is 11.9. The van der Waals surface area contributed by atoms with Crippen molar-refractivity contribution >= 4 is 27.2 Å². The molecule has 6 nitrogen and oxygen atoms in total. The number of fused-ring (bicyclic) bond motifs is 1. The van der Waals surface area contributed by atoms with Gasteiger partial charge >= 0.3 is 6.18 Å². The predicted octanol–water partition coefficient (Wildman–Crippen LogP) is 4.53. The van der Waals surface area contributed by atoms with Crippen LogP contribution in [0.25, 0.3) is 21.3 Å². The molecular weight excluding hydrogens is 413 g/mol. The molecule has 3 N–H and O–H groups in total. The van der Waals surface area contributed by atoms with Gasteiger partial charge in [0.2, 0.25) is 5.13 Å². The smallest absolute Gasteiger partial charge is 0.359 e. The van der Waals surface area contributed by atoms with Crippen molar-refractivity contribution in [2.45, 2.75) is 13.1 Å². The summed E-state index contributed by atoms with van der Waals surface area (Å²) in [6.45, 7) is 3.01. The molecule has 10 heteroatoms. The molecule has 0 fully saturated rings. The molecule has 2 aromatic carbocycles. The van der Waals surface area contributed by atoms with Crippen molar-refractivity contribution in [3.8, 4) is 10.6 Å². The van der Waals surface area contributed by atoms with E-state index in [-0.39, 0.29) is 0 Å². The maximum absolute atomic E-state index is 11.9. The first-order chi connectivity index (χ1) is 14.4. The molecule has 2 aromatic heterocycles. The van der Waals surface area contributed by atoms with E-state index in [1.54, 1.807) is 19.3 Å². The minimum Gasteiger partial charge on any atom is -0.359 e. The summed E-state index contributed by atoms with van der Waals surface area (Å²) in [6, 6.07) is 11.0. The highest BCUT2D eigenvalue weighted by Crippen LogP contribution is 2.31. The molecule has 0 aliphatic rings. The molecule has 0 saturated heterocycles. The van der Waals surface area contributed by atoms with Crippen LogP contribution in [0.2, 0.25) is 0 Å². The van der Waals surface area contributed by atoms with Gasteiger partial charge in [-0.05, 0) is 19.1 Å². The van der Waals surface area contributed by atoms with Crippen LogP contribution in [0.15, 0.2) is 54.9 Å². The molecule has 0 aliphatic heterocycles. The molecule has 2 heterocycles. The minimum atomic E-state index is -4.21. The Kier molecular flexibility index (Phi) is 6.91. The second kappa shape index (κ2) is 9.59. The van der Waals surface area contributed by atoms with Gasteiger partial charge in [0.15, 0.2) is 0 Å². The van der Waals surface area contributed by atoms with Crippen LogP contribution >= 0.6 is 11.3 Å². The zero-order valence-electron chi connectivity index (χ0n) is 16.0. The average Bonchev–Trinajstić information content (AvgIpc) is 3.21. The van der Waals surface area contributed by atoms with Gasteiger partial charge in [0, 0.05) is 29.4 Å². The molecule has 0 atom stereocenters. The van der Waals surface area contributed by atoms with Crippen LogP contribution in [-0.4, -0.2) is 33.5 Å². The summed E-state index contributed by atoms with van der Waals surface area (Å²) >= 11 is 1.50. The molecule has 0 unspecified atom stereocenters. The van der Waals surface area contributed by atoms with Crippen molar-refractivity contribution in [1.82, 2.24) is 20.4 Å². The third-order valence-corrected chi connectivity index (χ3v) is 4.96. The second-order valence-electron chi connectivity index (χ2n) is 6.29. The normalized spacial score (nSPS) is 11.1. The first-order valence-corrected chi connectivity index (χ1v) is 9.81. The van der Waals surface area contributed by atoms with Crippen molar-refractivity contribution < 1.29 is 13.2 Å². The van der Waals surface area contributed by atoms with Crippen molar-refractivity contribution in [1.29, 1.82) is 0 Å². The summed E-state index contributed by atoms with van der Waals surface area (Å²) < 4.78 is 35.8. The number of nitrogens with one attached hydrogen (secondary N) is 1. The molecular formula is C20H19F3N6S. The summed E-state index contributed by atoms with van der Waals surface area (Å²) in [5.74, 6) is 0. The third-order valence-electron chi connectivity index (χ3n) is 4.05. The minimum absolute atomic E-state index is 0.568. The molecule has 4 aromatic rings. The van der Waals surface area contributed by atoms with Gasteiger partial charge in [0.05, 0.1) is 18.0 Å². The van der Waals surface area contributed by atoms with Gasteiger partial charge in [-0.1, -0.05) is 47.2 Å². The van der Waals surface area contributed by atoms with Crippen LogP contribution in [0.1, 0.15) is 11.1 Å². The molecule has 0 saturated carbocycles. The number of anilines is 1. The van der Waals surface area contributed by atoms with Crippen LogP contribution in [0.5, 0.6) is 0 Å². The van der Waals surface area contributed by atoms with Gasteiger partial charge in [-0.2, -0.15) is 23.4 Å². The highest BCUT2D eigenvalue weighted by Gasteiger charge is 2.29. The van der Waals surface area contributed by atoms with Crippen molar-refractivity contribution in [3.63, 3.8) is 0 Å². The van der Waals surface area contributed by atoms with Crippen LogP contribution < -0.4 is 11.1 Å². The topological polar surface area (TPSA) is 89.6 Å². The molecule has 0 bridgehead atoms. The summed E-state index contributed by atoms with van der Waals surface area (Å²) in [6.07, 6.45) is -0.722. The Morgan fingerprint density at radius 3 is 2.43 bits per heavy atom. The van der Waals surface area contributed by atoms with Gasteiger partial charge in [0.1, 0.15) is 5.01 Å². The van der Waals surface area contributed by atoms with E-state index in [1.807, 2.05) is 18.2 Å². The number of rotatable bonds is 4. The highest BCUT2D eigenvalue weighted by atomic mass is 32.1. The Labute approximate surface area is 175 Å². The number of alkyl halides is 3. The Morgan fingerprint density at radius 2 is 1.73 bits per heavy atom. The molecule has 30 heavy (non-hydrogen) atoms. The average molecular weight is 432 g/mol. The molecule has 156 valence electrons. The second-order valence-corrected chi connectivity index (χ2v) is 7.27. The van der Waals surface area contributed by atoms with E-state index in [0.29, 0.717) is 13.1 Å². The molecule has 0 radical (unpaired) electrons. The molecule has 0 spiro atoms. The summed E-state index contributed by atoms with van der Waals surface area (Å²) in [7, 11) is 0. The van der Waals surface area contributed by atoms with E-state index in [0.717, 1.165) is 44.2 Å². The first-order valence-electron chi connectivity index (χ1n) is 8.99. The number of hydrogen-bond acceptors (Lipinski definition) is 7. The zero-order chi connectivity index (χ0) is 21.6. The largest absolute Gasteiger partial charge is 0.416 e. The summed E-state index contributed by atoms with van der Waals surface area (Å²) in [5.41, 5.74) is 6.70. The quantitative estimate of drug-likeness (QED) is 0.492. The van der Waals surface area contributed by atoms with E-state index in [9.17, 15) is 13.2 Å². The van der Waals surface area contributed by atoms with E-state index in [2.05, 4.69) is 25.7 Å². The van der Waals surface area contributed by atoms with Gasteiger partial charge in [-0.15, -0.1) is 10.2 Å². The monoisotopic (exact) mass is 432 g/mol. The zero-order valence-corrected chi connectivity index (χ0v) is 16.8. The van der Waals surface area contributed by atoms with Gasteiger partial charge in [-0.25, -0.2) is 0 Å². The van der Waals surface area contributed by atoms with Crippen LogP contribution in [0.3, 0.4) is 0 Å². The first kappa shape index (κ1) is 21.6. The molecule has 0 amide bonds. The van der Waals surface area contributed by atoms with Crippen LogP contribution in [0, 0.1) is 6.92 Å². The Bertz CT molecular complexity index is 1090. The third kappa shape index (κ3) is 5.49. The van der Waals surface area contributed by atoms with Crippen LogP contribution in [0.4, 0.5) is 18.3 Å². The van der Waals surface area contributed by atoms with E-state index < -0.39 is 11.7 Å². The fraction of sp³-hybridized carbons (Fsp3) is 0.200. The Hall–Kier alpha value is -3.11. The fourth-order valence-corrected chi connectivity index (χ4v) is 3.35. The highest BCUT2D eigenvalue weighted by molar-refractivity contribution is 7.18. The van der Waals surface area contributed by atoms with E-state index in [1.165, 1.54) is 23.5 Å². The number of aryl methyl sites for hydroxylation is 1. The Balaban J connectivity index is 0.000000199. The van der Waals surface area contributed by atoms with Gasteiger partial charge < -0.3 is 11.1 Å². The lowest BCUT2D eigenvalue weighted by Crippen LogP contribution is -2.12. The number of nitrogens with zero attached hydrogens (tertiary/aromatic N) is 4. The van der Waals surface area contributed by atoms with E-state index >= 15 is 0 Å². The standard InChI is InChI=1S/C12H12N6S.C8H7F3/c13-4-5-14-12-18-17-11(19-12)9-3-1-2-8-6-15-16-7-10(8)9;1-6-2-4-7(5-3-6)8(9,10)11/h1-3,6-7H,4-5,13H2,(H,14,18);2-5H,1H3. The van der Waals surface area contributed by atoms with Crippen LogP contribution in [-0.2, 0) is 6.18 Å². The lowest BCUT2D eigenvalue weighted by Gasteiger charge is -2.05. The van der Waals surface area contributed by atoms with Crippen molar-refractivity contribution in [2.24, 2.45) is 5.73 Å². The summed E-state index contributed by atoms with van der Waals surface area (Å²) in [5, 5.41) is 23.0.